The Morgan fingerprint density at radius 1 is 1.05 bits per heavy atom. The first-order valence-corrected chi connectivity index (χ1v) is 21.1. The second-order valence-electron chi connectivity index (χ2n) is 16.5. The van der Waals surface area contributed by atoms with Gasteiger partial charge in [-0.1, -0.05) is 42.5 Å². The fraction of sp³-hybridized carbons (Fsp3) is 0.477. The number of aryl methyl sites for hydroxylation is 1. The van der Waals surface area contributed by atoms with Crippen LogP contribution in [0.1, 0.15) is 85.4 Å². The third kappa shape index (κ3) is 10.1. The maximum Gasteiger partial charge on any atom is 0.408 e. The maximum atomic E-state index is 14.7. The quantitative estimate of drug-likeness (QED) is 0.0535. The second kappa shape index (κ2) is 18.3. The molecule has 0 bridgehead atoms. The molecule has 3 amide bonds. The summed E-state index contributed by atoms with van der Waals surface area (Å²) in [5, 5.41) is 36.6. The number of carbonyl (C=O) groups excluding carboxylic acids is 3. The summed E-state index contributed by atoms with van der Waals surface area (Å²) in [6.07, 6.45) is -0.0191. The molecule has 15 heteroatoms. The van der Waals surface area contributed by atoms with E-state index in [1.165, 1.54) is 16.3 Å². The Balaban J connectivity index is 1.16. The van der Waals surface area contributed by atoms with E-state index in [0.29, 0.717) is 56.9 Å². The number of aromatic nitrogens is 1. The van der Waals surface area contributed by atoms with Gasteiger partial charge >= 0.3 is 6.09 Å². The van der Waals surface area contributed by atoms with E-state index in [1.807, 2.05) is 79.5 Å². The maximum absolute atomic E-state index is 14.7. The normalized spacial score (nSPS) is 19.2. The van der Waals surface area contributed by atoms with E-state index < -0.39 is 41.3 Å². The number of nitrogens with one attached hydrogen (secondary N) is 5. The van der Waals surface area contributed by atoms with Crippen LogP contribution in [0.25, 0.3) is 10.2 Å². The van der Waals surface area contributed by atoms with Gasteiger partial charge in [0.1, 0.15) is 34.0 Å². The molecule has 4 atom stereocenters. The lowest BCUT2D eigenvalue weighted by Gasteiger charge is -2.46. The van der Waals surface area contributed by atoms with Crippen molar-refractivity contribution in [1.82, 2.24) is 36.3 Å². The van der Waals surface area contributed by atoms with Gasteiger partial charge in [0.2, 0.25) is 5.91 Å². The number of benzene rings is 3. The molecule has 3 aromatic carbocycles. The van der Waals surface area contributed by atoms with Gasteiger partial charge in [0, 0.05) is 32.6 Å². The third-order valence-corrected chi connectivity index (χ3v) is 12.3. The van der Waals surface area contributed by atoms with Gasteiger partial charge in [-0.25, -0.2) is 14.8 Å². The van der Waals surface area contributed by atoms with Crippen molar-refractivity contribution in [3.05, 3.63) is 93.5 Å². The van der Waals surface area contributed by atoms with Crippen LogP contribution in [-0.2, 0) is 27.3 Å². The van der Waals surface area contributed by atoms with E-state index in [4.69, 9.17) is 19.9 Å². The first kappa shape index (κ1) is 43.3. The number of fused-ring (bicyclic) bond motifs is 2. The highest BCUT2D eigenvalue weighted by molar-refractivity contribution is 7.18. The molecule has 316 valence electrons. The Bertz CT molecular complexity index is 2120. The van der Waals surface area contributed by atoms with Crippen molar-refractivity contribution >= 4 is 45.4 Å². The highest BCUT2D eigenvalue weighted by Crippen LogP contribution is 2.35. The second-order valence-corrected chi connectivity index (χ2v) is 17.6. The van der Waals surface area contributed by atoms with Crippen LogP contribution in [0.15, 0.2) is 60.7 Å². The van der Waals surface area contributed by atoms with Crippen molar-refractivity contribution < 1.29 is 29.0 Å². The van der Waals surface area contributed by atoms with Gasteiger partial charge in [0.15, 0.2) is 5.96 Å². The lowest BCUT2D eigenvalue weighted by atomic mass is 9.84. The average molecular weight is 827 g/mol. The van der Waals surface area contributed by atoms with E-state index in [1.54, 1.807) is 27.9 Å². The summed E-state index contributed by atoms with van der Waals surface area (Å²) >= 11 is 1.37. The molecule has 0 saturated carbocycles. The van der Waals surface area contributed by atoms with Crippen LogP contribution in [0.2, 0.25) is 0 Å². The topological polar surface area (TPSA) is 181 Å². The molecule has 1 unspecified atom stereocenters. The number of alkyl carbamates (subject to hydrolysis) is 1. The van der Waals surface area contributed by atoms with Crippen molar-refractivity contribution in [2.75, 3.05) is 26.7 Å². The molecule has 0 spiro atoms. The molecular weight excluding hydrogens is 769 g/mol. The van der Waals surface area contributed by atoms with Crippen molar-refractivity contribution in [2.45, 2.75) is 110 Å². The fourth-order valence-electron chi connectivity index (χ4n) is 7.98. The minimum Gasteiger partial charge on any atom is -0.496 e. The number of hydrogen-bond acceptors (Lipinski definition) is 10. The molecule has 2 aliphatic rings. The predicted molar refractivity (Wildman–Crippen MR) is 229 cm³/mol. The van der Waals surface area contributed by atoms with Gasteiger partial charge < -0.3 is 35.8 Å². The Kier molecular flexibility index (Phi) is 13.5. The Morgan fingerprint density at radius 3 is 2.49 bits per heavy atom. The number of amides is 3. The van der Waals surface area contributed by atoms with Gasteiger partial charge in [0.25, 0.3) is 5.91 Å². The summed E-state index contributed by atoms with van der Waals surface area (Å²) in [5.74, 6) is 0.218. The summed E-state index contributed by atoms with van der Waals surface area (Å²) in [7, 11) is 1.66. The Hall–Kier alpha value is -5.25. The third-order valence-electron chi connectivity index (χ3n) is 11.2. The van der Waals surface area contributed by atoms with Crippen molar-refractivity contribution in [2.24, 2.45) is 0 Å². The number of hydrogen-bond donors (Lipinski definition) is 6. The molecule has 2 aliphatic heterocycles. The molecular formula is C44H58N8O6S. The first-order valence-electron chi connectivity index (χ1n) is 20.3. The van der Waals surface area contributed by atoms with Gasteiger partial charge in [-0.15, -0.1) is 11.3 Å². The number of methoxy groups -OCH3 is 1. The number of hydrazine groups is 1. The zero-order chi connectivity index (χ0) is 42.5. The number of nitrogens with zero attached hydrogens (tertiary/aromatic N) is 3. The van der Waals surface area contributed by atoms with Crippen LogP contribution in [0.3, 0.4) is 0 Å². The van der Waals surface area contributed by atoms with Gasteiger partial charge in [0.05, 0.1) is 23.4 Å². The molecule has 4 aromatic rings. The minimum absolute atomic E-state index is 0.165. The highest BCUT2D eigenvalue weighted by Gasteiger charge is 2.54. The number of guanidine groups is 1. The number of ether oxygens (including phenoxy) is 2. The molecule has 2 fully saturated rings. The summed E-state index contributed by atoms with van der Waals surface area (Å²) in [6, 6.07) is 17.5. The van der Waals surface area contributed by atoms with Crippen LogP contribution >= 0.6 is 11.3 Å². The largest absolute Gasteiger partial charge is 0.496 e. The van der Waals surface area contributed by atoms with Crippen molar-refractivity contribution in [1.29, 1.82) is 5.41 Å². The zero-order valence-electron chi connectivity index (χ0n) is 35.1. The highest BCUT2D eigenvalue weighted by atomic mass is 32.1. The number of para-hydroxylation sites is 1. The van der Waals surface area contributed by atoms with Crippen LogP contribution in [0, 0.1) is 26.2 Å². The number of carbonyl (C=O) groups is 3. The molecule has 0 aliphatic carbocycles. The standard InChI is InChI=1S/C44H58N8O6S/c1-27-24-35(57-7)29(3)28(2)31(27)26-47-41(45)46-21-13-17-33(37(53)39-49-32-16-11-12-18-36(32)59-39)48-38(54)34-19-22-51-23-20-44(40(55)52(34)51,25-30-14-9-8-10-15-30)50-42(56)58-43(4,5)6/h8-12,14-16,18,24,33-34,37,53H,13,17,19-23,25-26H2,1-7H3,(H,48,54)(H,50,56)(H3,45,46,47)/t33-,34-,37?,44+/m0/s1. The van der Waals surface area contributed by atoms with Crippen molar-refractivity contribution in [3.63, 3.8) is 0 Å². The Labute approximate surface area is 350 Å². The van der Waals surface area contributed by atoms with Crippen molar-refractivity contribution in [3.8, 4) is 5.75 Å². The van der Waals surface area contributed by atoms with E-state index in [0.717, 1.165) is 43.8 Å². The van der Waals surface area contributed by atoms with Gasteiger partial charge in [-0.2, -0.15) is 0 Å². The predicted octanol–water partition coefficient (Wildman–Crippen LogP) is 5.57. The SMILES string of the molecule is COc1cc(C)c(CNC(=N)NCCC[C@H](NC(=O)[C@@H]2CCN3CC[C@](Cc4ccccc4)(NC(=O)OC(C)(C)C)C(=O)N23)C(O)c2nc3ccccc3s2)c(C)c1C. The lowest BCUT2D eigenvalue weighted by molar-refractivity contribution is -0.167. The summed E-state index contributed by atoms with van der Waals surface area (Å²) < 4.78 is 12.1. The van der Waals surface area contributed by atoms with E-state index in [9.17, 15) is 19.5 Å². The molecule has 2 saturated heterocycles. The summed E-state index contributed by atoms with van der Waals surface area (Å²) in [6.45, 7) is 13.2. The van der Waals surface area contributed by atoms with E-state index in [-0.39, 0.29) is 18.3 Å². The molecule has 3 heterocycles. The molecule has 14 nitrogen and oxygen atoms in total. The summed E-state index contributed by atoms with van der Waals surface area (Å²) in [5.41, 5.74) is 3.85. The number of aliphatic hydroxyl groups is 1. The van der Waals surface area contributed by atoms with Gasteiger partial charge in [-0.05, 0) is 113 Å². The first-order chi connectivity index (χ1) is 28.1. The van der Waals surface area contributed by atoms with E-state index in [2.05, 4.69) is 28.2 Å². The van der Waals surface area contributed by atoms with E-state index >= 15 is 0 Å². The molecule has 6 N–H and O–H groups in total. The molecule has 59 heavy (non-hydrogen) atoms. The zero-order valence-corrected chi connectivity index (χ0v) is 35.9. The van der Waals surface area contributed by atoms with Crippen LogP contribution in [-0.4, -0.2) is 93.9 Å². The fourth-order valence-corrected chi connectivity index (χ4v) is 9.00. The Morgan fingerprint density at radius 2 is 1.78 bits per heavy atom. The monoisotopic (exact) mass is 826 g/mol. The van der Waals surface area contributed by atoms with Gasteiger partial charge in [-0.3, -0.25) is 20.0 Å². The molecule has 0 radical (unpaired) electrons. The summed E-state index contributed by atoms with van der Waals surface area (Å²) in [4.78, 5) is 47.1. The smallest absolute Gasteiger partial charge is 0.408 e. The lowest BCUT2D eigenvalue weighted by Crippen LogP contribution is -2.70. The average Bonchev–Trinajstić information content (AvgIpc) is 3.83. The molecule has 6 rings (SSSR count). The number of rotatable bonds is 14. The number of thiazole rings is 1. The van der Waals surface area contributed by atoms with Crippen LogP contribution in [0.5, 0.6) is 5.75 Å². The minimum atomic E-state index is -1.35. The molecule has 1 aromatic heterocycles. The van der Waals surface area contributed by atoms with Crippen LogP contribution < -0.4 is 26.0 Å². The number of aliphatic hydroxyl groups excluding tert-OH is 1. The van der Waals surface area contributed by atoms with Crippen LogP contribution in [0.4, 0.5) is 4.79 Å².